The molecule has 0 aliphatic carbocycles. The molecule has 1 unspecified atom stereocenters. The fourth-order valence-corrected chi connectivity index (χ4v) is 2.99. The van der Waals surface area contributed by atoms with E-state index in [2.05, 4.69) is 0 Å². The van der Waals surface area contributed by atoms with E-state index in [0.717, 1.165) is 22.2 Å². The Balaban J connectivity index is 0.000000297. The Morgan fingerprint density at radius 2 is 1.42 bits per heavy atom. The van der Waals surface area contributed by atoms with Gasteiger partial charge in [0.05, 0.1) is 5.30 Å². The van der Waals surface area contributed by atoms with Gasteiger partial charge < -0.3 is 19.2 Å². The highest BCUT2D eigenvalue weighted by Gasteiger charge is 2.20. The summed E-state index contributed by atoms with van der Waals surface area (Å²) >= 11 is 0. The second-order valence-electron chi connectivity index (χ2n) is 3.70. The van der Waals surface area contributed by atoms with Gasteiger partial charge in [0.15, 0.2) is 0 Å². The molecule has 1 aliphatic heterocycles. The van der Waals surface area contributed by atoms with Gasteiger partial charge in [-0.25, -0.2) is 0 Å². The van der Waals surface area contributed by atoms with Gasteiger partial charge >= 0.3 is 8.60 Å². The van der Waals surface area contributed by atoms with E-state index in [1.54, 1.807) is 0 Å². The van der Waals surface area contributed by atoms with Gasteiger partial charge in [0, 0.05) is 5.56 Å². The van der Waals surface area contributed by atoms with Gasteiger partial charge in [-0.05, 0) is 17.7 Å². The van der Waals surface area contributed by atoms with Crippen LogP contribution in [-0.2, 0) is 4.57 Å². The first-order chi connectivity index (χ1) is 9.09. The molecule has 0 aromatic heterocycles. The Morgan fingerprint density at radius 3 is 2.11 bits per heavy atom. The van der Waals surface area contributed by atoms with Crippen LogP contribution >= 0.6 is 16.6 Å². The predicted molar refractivity (Wildman–Crippen MR) is 74.7 cm³/mol. The number of hydrogen-bond donors (Lipinski definition) is 3. The molecule has 0 saturated carbocycles. The topological polar surface area (TPSA) is 87.0 Å². The average Bonchev–Trinajstić information content (AvgIpc) is 2.39. The highest BCUT2D eigenvalue weighted by molar-refractivity contribution is 7.49. The molecule has 100 valence electrons. The van der Waals surface area contributed by atoms with Crippen LogP contribution in [0, 0.1) is 0 Å². The molecule has 5 nitrogen and oxygen atoms in total. The molecule has 1 aliphatic rings. The van der Waals surface area contributed by atoms with Crippen LogP contribution in [0.5, 0.6) is 5.75 Å². The third-order valence-electron chi connectivity index (χ3n) is 2.53. The van der Waals surface area contributed by atoms with Crippen molar-refractivity contribution in [2.24, 2.45) is 0 Å². The molecule has 19 heavy (non-hydrogen) atoms. The molecule has 0 amide bonds. The molecule has 2 aromatic carbocycles. The summed E-state index contributed by atoms with van der Waals surface area (Å²) in [4.78, 5) is 21.7. The summed E-state index contributed by atoms with van der Waals surface area (Å²) < 4.78 is 17.2. The Kier molecular flexibility index (Phi) is 4.70. The first-order valence-corrected chi connectivity index (χ1v) is 7.88. The van der Waals surface area contributed by atoms with Gasteiger partial charge in [0.1, 0.15) is 5.75 Å². The fourth-order valence-electron chi connectivity index (χ4n) is 1.83. The zero-order valence-corrected chi connectivity index (χ0v) is 11.6. The molecule has 0 saturated heterocycles. The zero-order chi connectivity index (χ0) is 13.8. The van der Waals surface area contributed by atoms with Crippen molar-refractivity contribution >= 4 is 21.9 Å². The SMILES string of the molecule is O=[PH]1Oc2ccccc2-c2ccccc21.OP(O)O. The van der Waals surface area contributed by atoms with E-state index in [4.69, 9.17) is 19.2 Å². The lowest BCUT2D eigenvalue weighted by Gasteiger charge is -2.19. The largest absolute Gasteiger partial charge is 0.441 e. The molecule has 1 atom stereocenters. The van der Waals surface area contributed by atoms with E-state index in [9.17, 15) is 4.57 Å². The monoisotopic (exact) mass is 298 g/mol. The molecule has 0 fully saturated rings. The lowest BCUT2D eigenvalue weighted by Crippen LogP contribution is -2.09. The van der Waals surface area contributed by atoms with Crippen LogP contribution in [0.15, 0.2) is 48.5 Å². The summed E-state index contributed by atoms with van der Waals surface area (Å²) in [6.07, 6.45) is 0. The normalized spacial score (nSPS) is 15.7. The van der Waals surface area contributed by atoms with E-state index >= 15 is 0 Å². The Hall–Kier alpha value is -1.22. The standard InChI is InChI=1S/C12H9O2P.H3O3P/c13-15-12-8-4-2-6-10(12)9-5-1-3-7-11(9)14-15;1-4(2)3/h1-8,15H;1-3H. The van der Waals surface area contributed by atoms with Crippen molar-refractivity contribution in [2.75, 3.05) is 0 Å². The minimum absolute atomic E-state index is 0.722. The first kappa shape index (κ1) is 14.2. The van der Waals surface area contributed by atoms with Crippen LogP contribution in [-0.4, -0.2) is 14.7 Å². The average molecular weight is 298 g/mol. The van der Waals surface area contributed by atoms with Crippen LogP contribution in [0.25, 0.3) is 11.1 Å². The van der Waals surface area contributed by atoms with Gasteiger partial charge in [-0.1, -0.05) is 36.4 Å². The molecule has 2 aromatic rings. The zero-order valence-electron chi connectivity index (χ0n) is 9.72. The fraction of sp³-hybridized carbons (Fsp3) is 0. The summed E-state index contributed by atoms with van der Waals surface area (Å²) in [6, 6.07) is 15.4. The maximum atomic E-state index is 11.8. The number of fused-ring (bicyclic) bond motifs is 3. The summed E-state index contributed by atoms with van der Waals surface area (Å²) in [5.74, 6) is 0.722. The van der Waals surface area contributed by atoms with Gasteiger partial charge in [-0.3, -0.25) is 4.57 Å². The Labute approximate surface area is 112 Å². The first-order valence-electron chi connectivity index (χ1n) is 5.37. The smallest absolute Gasteiger partial charge is 0.324 e. The molecular weight excluding hydrogens is 286 g/mol. The van der Waals surface area contributed by atoms with Gasteiger partial charge in [0.25, 0.3) is 8.03 Å². The highest BCUT2D eigenvalue weighted by atomic mass is 31.2. The summed E-state index contributed by atoms with van der Waals surface area (Å²) in [7, 11) is -4.73. The van der Waals surface area contributed by atoms with Crippen LogP contribution < -0.4 is 9.83 Å². The second kappa shape index (κ2) is 6.29. The Bertz CT molecular complexity index is 597. The minimum atomic E-state index is -2.62. The van der Waals surface area contributed by atoms with E-state index in [1.807, 2.05) is 48.5 Å². The number of hydrogen-bond acceptors (Lipinski definition) is 5. The van der Waals surface area contributed by atoms with Crippen molar-refractivity contribution in [3.63, 3.8) is 0 Å². The molecule has 3 rings (SSSR count). The molecule has 0 radical (unpaired) electrons. The molecular formula is C12H12O5P2. The van der Waals surface area contributed by atoms with Crippen LogP contribution in [0.4, 0.5) is 0 Å². The van der Waals surface area contributed by atoms with Gasteiger partial charge in [-0.2, -0.15) is 0 Å². The van der Waals surface area contributed by atoms with E-state index in [1.165, 1.54) is 0 Å². The van der Waals surface area contributed by atoms with Gasteiger partial charge in [0.2, 0.25) is 0 Å². The highest BCUT2D eigenvalue weighted by Crippen LogP contribution is 2.41. The lowest BCUT2D eigenvalue weighted by molar-refractivity contribution is 0.368. The van der Waals surface area contributed by atoms with Gasteiger partial charge in [-0.15, -0.1) is 0 Å². The number of rotatable bonds is 0. The van der Waals surface area contributed by atoms with E-state index in [0.29, 0.717) is 0 Å². The van der Waals surface area contributed by atoms with Crippen molar-refractivity contribution in [3.05, 3.63) is 48.5 Å². The van der Waals surface area contributed by atoms with E-state index in [-0.39, 0.29) is 0 Å². The van der Waals surface area contributed by atoms with Crippen molar-refractivity contribution in [1.82, 2.24) is 0 Å². The minimum Gasteiger partial charge on any atom is -0.441 e. The Morgan fingerprint density at radius 1 is 0.895 bits per heavy atom. The summed E-state index contributed by atoms with van der Waals surface area (Å²) in [5, 5.41) is 0.821. The maximum Gasteiger partial charge on any atom is 0.324 e. The maximum absolute atomic E-state index is 11.8. The van der Waals surface area contributed by atoms with Crippen LogP contribution in [0.3, 0.4) is 0 Å². The van der Waals surface area contributed by atoms with Crippen LogP contribution in [0.2, 0.25) is 0 Å². The molecule has 0 bridgehead atoms. The van der Waals surface area contributed by atoms with Crippen molar-refractivity contribution < 1.29 is 23.8 Å². The molecule has 7 heteroatoms. The van der Waals surface area contributed by atoms with Crippen molar-refractivity contribution in [3.8, 4) is 16.9 Å². The lowest BCUT2D eigenvalue weighted by atomic mass is 10.0. The summed E-state index contributed by atoms with van der Waals surface area (Å²) in [5.41, 5.74) is 2.06. The third-order valence-corrected chi connectivity index (χ3v) is 3.81. The summed E-state index contributed by atoms with van der Waals surface area (Å²) in [6.45, 7) is 0. The number of benzene rings is 2. The predicted octanol–water partition coefficient (Wildman–Crippen LogP) is 2.04. The molecule has 3 N–H and O–H groups in total. The van der Waals surface area contributed by atoms with E-state index < -0.39 is 16.6 Å². The molecule has 1 heterocycles. The van der Waals surface area contributed by atoms with Crippen LogP contribution in [0.1, 0.15) is 0 Å². The molecule has 0 spiro atoms. The third kappa shape index (κ3) is 3.41. The van der Waals surface area contributed by atoms with Crippen molar-refractivity contribution in [1.29, 1.82) is 0 Å². The van der Waals surface area contributed by atoms with Crippen molar-refractivity contribution in [2.45, 2.75) is 0 Å². The second-order valence-corrected chi connectivity index (χ2v) is 5.55. The quantitative estimate of drug-likeness (QED) is 0.648. The number of para-hydroxylation sites is 1.